The summed E-state index contributed by atoms with van der Waals surface area (Å²) in [4.78, 5) is 0. The van der Waals surface area contributed by atoms with E-state index < -0.39 is 10.1 Å². The summed E-state index contributed by atoms with van der Waals surface area (Å²) in [6, 6.07) is 8.86. The van der Waals surface area contributed by atoms with Gasteiger partial charge in [0.15, 0.2) is 0 Å². The molecule has 0 unspecified atom stereocenters. The van der Waals surface area contributed by atoms with Gasteiger partial charge in [0, 0.05) is 0 Å². The Morgan fingerprint density at radius 1 is 1.06 bits per heavy atom. The van der Waals surface area contributed by atoms with E-state index in [4.69, 9.17) is 4.55 Å². The van der Waals surface area contributed by atoms with E-state index in [-0.39, 0.29) is 29.6 Å². The van der Waals surface area contributed by atoms with E-state index in [0.29, 0.717) is 0 Å². The maximum atomic E-state index is 10.3. The molecule has 1 aromatic carbocycles. The molecule has 0 fully saturated rings. The molecule has 3 nitrogen and oxygen atoms in total. The fourth-order valence-electron chi connectivity index (χ4n) is 0.729. The Balaban J connectivity index is 0. The molecule has 0 atom stereocenters. The molecule has 1 aromatic rings. The number of hydrogen-bond donors (Lipinski definition) is 1. The molecule has 0 aromatic heterocycles. The molecule has 1 N–H and O–H groups in total. The molecule has 0 saturated heterocycles. The first-order valence-corrected chi connectivity index (χ1v) is 5.94. The molecule has 5 heteroatoms. The summed E-state index contributed by atoms with van der Waals surface area (Å²) in [5.41, 5.74) is 0.732. The Bertz CT molecular complexity index is 444. The van der Waals surface area contributed by atoms with Gasteiger partial charge in [-0.05, 0) is 11.6 Å². The van der Waals surface area contributed by atoms with Crippen LogP contribution in [0.4, 0.5) is 0 Å². The standard InChI is InChI=1S/C8H8O3S.C4H6.Na.H/c9-12(10,11)7-6-8-4-2-1-3-5-8;1-3-4-2;;/h1-7H,(H,9,10,11);3-4H,1-2H2;;. The Kier molecular flexibility index (Phi) is 11.6. The van der Waals surface area contributed by atoms with Gasteiger partial charge in [0.1, 0.15) is 0 Å². The van der Waals surface area contributed by atoms with Crippen LogP contribution in [0, 0.1) is 0 Å². The van der Waals surface area contributed by atoms with E-state index in [9.17, 15) is 8.42 Å². The summed E-state index contributed by atoms with van der Waals surface area (Å²) < 4.78 is 28.9. The summed E-state index contributed by atoms with van der Waals surface area (Å²) in [6.07, 6.45) is 4.61. The maximum absolute atomic E-state index is 10.3. The van der Waals surface area contributed by atoms with E-state index in [1.165, 1.54) is 6.08 Å². The molecule has 0 aliphatic carbocycles. The van der Waals surface area contributed by atoms with Crippen molar-refractivity contribution in [2.75, 3.05) is 0 Å². The van der Waals surface area contributed by atoms with Crippen molar-refractivity contribution < 1.29 is 13.0 Å². The molecule has 0 aliphatic heterocycles. The normalized spacial score (nSPS) is 9.71. The van der Waals surface area contributed by atoms with Gasteiger partial charge in [-0.15, -0.1) is 0 Å². The fourth-order valence-corrected chi connectivity index (χ4v) is 1.06. The monoisotopic (exact) mass is 262 g/mol. The third-order valence-corrected chi connectivity index (χ3v) is 1.88. The van der Waals surface area contributed by atoms with Gasteiger partial charge in [-0.25, -0.2) is 0 Å². The first kappa shape index (κ1) is 18.7. The Hall–Kier alpha value is -0.650. The van der Waals surface area contributed by atoms with Crippen LogP contribution in [0.5, 0.6) is 0 Å². The minimum absolute atomic E-state index is 0. The Labute approximate surface area is 125 Å². The predicted molar refractivity (Wildman–Crippen MR) is 74.6 cm³/mol. The van der Waals surface area contributed by atoms with Gasteiger partial charge in [-0.1, -0.05) is 55.6 Å². The molecule has 88 valence electrons. The van der Waals surface area contributed by atoms with Gasteiger partial charge in [0.2, 0.25) is 0 Å². The number of hydrogen-bond acceptors (Lipinski definition) is 2. The molecule has 0 spiro atoms. The predicted octanol–water partition coefficient (Wildman–Crippen LogP) is 2.26. The zero-order valence-corrected chi connectivity index (χ0v) is 9.60. The van der Waals surface area contributed by atoms with Crippen LogP contribution < -0.4 is 0 Å². The molecule has 0 saturated carbocycles. The van der Waals surface area contributed by atoms with Crippen molar-refractivity contribution in [3.8, 4) is 0 Å². The third kappa shape index (κ3) is 13.3. The van der Waals surface area contributed by atoms with Crippen molar-refractivity contribution in [3.63, 3.8) is 0 Å². The van der Waals surface area contributed by atoms with Crippen LogP contribution in [-0.4, -0.2) is 42.5 Å². The van der Waals surface area contributed by atoms with E-state index >= 15 is 0 Å². The number of allylic oxidation sites excluding steroid dienone is 2. The molecule has 0 heterocycles. The first-order valence-electron chi connectivity index (χ1n) is 4.43. The Morgan fingerprint density at radius 2 is 1.53 bits per heavy atom. The summed E-state index contributed by atoms with van der Waals surface area (Å²) in [7, 11) is -4.00. The Morgan fingerprint density at radius 3 is 1.88 bits per heavy atom. The summed E-state index contributed by atoms with van der Waals surface area (Å²) in [5, 5.41) is 0.752. The van der Waals surface area contributed by atoms with Crippen LogP contribution in [-0.2, 0) is 10.1 Å². The van der Waals surface area contributed by atoms with E-state index in [2.05, 4.69) is 13.2 Å². The molecule has 0 aliphatic rings. The number of rotatable bonds is 3. The van der Waals surface area contributed by atoms with Crippen LogP contribution in [0.25, 0.3) is 6.08 Å². The van der Waals surface area contributed by atoms with Crippen LogP contribution in [0.2, 0.25) is 0 Å². The third-order valence-electron chi connectivity index (χ3n) is 1.40. The molecular weight excluding hydrogens is 247 g/mol. The van der Waals surface area contributed by atoms with E-state index in [1.807, 2.05) is 6.07 Å². The van der Waals surface area contributed by atoms with Crippen molar-refractivity contribution in [2.45, 2.75) is 0 Å². The van der Waals surface area contributed by atoms with Crippen LogP contribution in [0.1, 0.15) is 5.56 Å². The molecule has 0 radical (unpaired) electrons. The van der Waals surface area contributed by atoms with Crippen molar-refractivity contribution in [1.82, 2.24) is 0 Å². The zero-order valence-electron chi connectivity index (χ0n) is 8.78. The second kappa shape index (κ2) is 10.5. The fraction of sp³-hybridized carbons (Fsp3) is 0. The van der Waals surface area contributed by atoms with E-state index in [0.717, 1.165) is 11.0 Å². The topological polar surface area (TPSA) is 54.4 Å². The van der Waals surface area contributed by atoms with Gasteiger partial charge >= 0.3 is 29.6 Å². The van der Waals surface area contributed by atoms with Gasteiger partial charge in [-0.2, -0.15) is 8.42 Å². The van der Waals surface area contributed by atoms with Crippen molar-refractivity contribution in [3.05, 3.63) is 66.6 Å². The molecular formula is C12H15NaO3S. The van der Waals surface area contributed by atoms with Crippen molar-refractivity contribution in [2.24, 2.45) is 0 Å². The SMILES string of the molecule is C=CC=C.O=S(=O)(O)C=Cc1ccccc1.[NaH]. The van der Waals surface area contributed by atoms with Crippen molar-refractivity contribution >= 4 is 45.8 Å². The van der Waals surface area contributed by atoms with Crippen LogP contribution in [0.3, 0.4) is 0 Å². The summed E-state index contributed by atoms with van der Waals surface area (Å²) >= 11 is 0. The number of benzene rings is 1. The van der Waals surface area contributed by atoms with Gasteiger partial charge in [0.25, 0.3) is 10.1 Å². The summed E-state index contributed by atoms with van der Waals surface area (Å²) in [6.45, 7) is 6.72. The molecule has 0 bridgehead atoms. The zero-order chi connectivity index (χ0) is 12.4. The van der Waals surface area contributed by atoms with Gasteiger partial charge in [-0.3, -0.25) is 4.55 Å². The summed E-state index contributed by atoms with van der Waals surface area (Å²) in [5.74, 6) is 0. The molecule has 0 amide bonds. The van der Waals surface area contributed by atoms with Gasteiger partial charge in [0.05, 0.1) is 5.41 Å². The second-order valence-corrected chi connectivity index (χ2v) is 4.00. The molecule has 1 rings (SSSR count). The quantitative estimate of drug-likeness (QED) is 0.516. The van der Waals surface area contributed by atoms with E-state index in [1.54, 1.807) is 36.4 Å². The average molecular weight is 262 g/mol. The van der Waals surface area contributed by atoms with Crippen LogP contribution >= 0.6 is 0 Å². The second-order valence-electron chi connectivity index (χ2n) is 2.70. The van der Waals surface area contributed by atoms with Crippen LogP contribution in [0.15, 0.2) is 61.0 Å². The average Bonchev–Trinajstić information content (AvgIpc) is 2.27. The minimum atomic E-state index is -4.00. The van der Waals surface area contributed by atoms with Gasteiger partial charge < -0.3 is 0 Å². The first-order chi connectivity index (χ1) is 7.49. The van der Waals surface area contributed by atoms with Crippen molar-refractivity contribution in [1.29, 1.82) is 0 Å². The molecule has 17 heavy (non-hydrogen) atoms.